The molecule has 1 aliphatic heterocycles. The van der Waals surface area contributed by atoms with E-state index < -0.39 is 11.7 Å². The first-order valence-corrected chi connectivity index (χ1v) is 13.4. The average Bonchev–Trinajstić information content (AvgIpc) is 2.95. The Kier molecular flexibility index (Phi) is 10.1. The normalized spacial score (nSPS) is 14.0. The predicted molar refractivity (Wildman–Crippen MR) is 145 cm³/mol. The van der Waals surface area contributed by atoms with Crippen LogP contribution in [-0.4, -0.2) is 60.9 Å². The van der Waals surface area contributed by atoms with Crippen LogP contribution < -0.4 is 5.32 Å². The first kappa shape index (κ1) is 28.4. The third-order valence-electron chi connectivity index (χ3n) is 7.24. The summed E-state index contributed by atoms with van der Waals surface area (Å²) in [6, 6.07) is 18.3. The summed E-state index contributed by atoms with van der Waals surface area (Å²) >= 11 is 0. The van der Waals surface area contributed by atoms with E-state index in [-0.39, 0.29) is 30.0 Å². The molecule has 1 aliphatic rings. The molecule has 1 fully saturated rings. The number of rotatable bonds is 11. The van der Waals surface area contributed by atoms with Gasteiger partial charge in [0.1, 0.15) is 17.5 Å². The van der Waals surface area contributed by atoms with Crippen LogP contribution >= 0.6 is 0 Å². The Hall–Kier alpha value is -3.65. The van der Waals surface area contributed by atoms with Crippen molar-refractivity contribution in [2.24, 2.45) is 0 Å². The molecule has 39 heavy (non-hydrogen) atoms. The number of carbonyl (C=O) groups excluding carboxylic acids is 2. The quantitative estimate of drug-likeness (QED) is 0.335. The second-order valence-corrected chi connectivity index (χ2v) is 9.92. The summed E-state index contributed by atoms with van der Waals surface area (Å²) in [6.07, 6.45) is 3.95. The minimum Gasteiger partial charge on any atom is -0.343 e. The molecule has 0 saturated carbocycles. The fourth-order valence-electron chi connectivity index (χ4n) is 4.97. The van der Waals surface area contributed by atoms with Crippen LogP contribution in [0.5, 0.6) is 0 Å². The van der Waals surface area contributed by atoms with Gasteiger partial charge < -0.3 is 10.2 Å². The van der Waals surface area contributed by atoms with Crippen molar-refractivity contribution >= 4 is 11.8 Å². The van der Waals surface area contributed by atoms with Crippen LogP contribution in [0.15, 0.2) is 72.8 Å². The van der Waals surface area contributed by atoms with E-state index in [9.17, 15) is 22.8 Å². The standard InChI is InChI=1S/C31H34F3N3O2/c32-26-11-5-23(6-12-26)29(24-7-13-27(33)14-8-24)4-2-1-3-17-36-18-20-37(21-19-36)30(38)22-35-31(39)25-9-15-28(34)16-10-25/h5-16,29H,1-4,17-22H2,(H,35,39). The maximum absolute atomic E-state index is 13.4. The van der Waals surface area contributed by atoms with E-state index >= 15 is 0 Å². The molecule has 8 heteroatoms. The van der Waals surface area contributed by atoms with Gasteiger partial charge in [0.25, 0.3) is 5.91 Å². The number of halogens is 3. The van der Waals surface area contributed by atoms with Crippen LogP contribution in [0.3, 0.4) is 0 Å². The Labute approximate surface area is 227 Å². The summed E-state index contributed by atoms with van der Waals surface area (Å²) in [5.41, 5.74) is 2.37. The molecule has 0 radical (unpaired) electrons. The maximum Gasteiger partial charge on any atom is 0.251 e. The lowest BCUT2D eigenvalue weighted by Gasteiger charge is -2.34. The van der Waals surface area contributed by atoms with E-state index in [2.05, 4.69) is 10.2 Å². The van der Waals surface area contributed by atoms with Crippen LogP contribution in [0.1, 0.15) is 53.1 Å². The molecule has 1 saturated heterocycles. The Bertz CT molecular complexity index is 1160. The lowest BCUT2D eigenvalue weighted by Crippen LogP contribution is -2.51. The molecule has 0 atom stereocenters. The zero-order valence-electron chi connectivity index (χ0n) is 21.9. The molecule has 5 nitrogen and oxygen atoms in total. The number of nitrogens with one attached hydrogen (secondary N) is 1. The SMILES string of the molecule is O=C(NCC(=O)N1CCN(CCCCCC(c2ccc(F)cc2)c2ccc(F)cc2)CC1)c1ccc(F)cc1. The number of nitrogens with zero attached hydrogens (tertiary/aromatic N) is 2. The number of piperazine rings is 1. The number of benzene rings is 3. The van der Waals surface area contributed by atoms with Gasteiger partial charge in [0, 0.05) is 37.7 Å². The number of hydrogen-bond acceptors (Lipinski definition) is 3. The highest BCUT2D eigenvalue weighted by molar-refractivity contribution is 5.96. The second-order valence-electron chi connectivity index (χ2n) is 9.92. The summed E-state index contributed by atoms with van der Waals surface area (Å²) in [7, 11) is 0. The highest BCUT2D eigenvalue weighted by Gasteiger charge is 2.21. The van der Waals surface area contributed by atoms with Gasteiger partial charge in [-0.1, -0.05) is 37.1 Å². The van der Waals surface area contributed by atoms with Crippen LogP contribution in [-0.2, 0) is 4.79 Å². The largest absolute Gasteiger partial charge is 0.343 e. The molecular formula is C31H34F3N3O2. The van der Waals surface area contributed by atoms with Gasteiger partial charge in [-0.25, -0.2) is 13.2 Å². The van der Waals surface area contributed by atoms with Gasteiger partial charge >= 0.3 is 0 Å². The molecule has 1 N–H and O–H groups in total. The first-order chi connectivity index (χ1) is 18.9. The lowest BCUT2D eigenvalue weighted by molar-refractivity contribution is -0.131. The topological polar surface area (TPSA) is 52.7 Å². The average molecular weight is 538 g/mol. The van der Waals surface area contributed by atoms with Crippen molar-refractivity contribution in [1.29, 1.82) is 0 Å². The number of hydrogen-bond donors (Lipinski definition) is 1. The Morgan fingerprint density at radius 2 is 1.21 bits per heavy atom. The molecule has 3 aromatic rings. The third-order valence-corrected chi connectivity index (χ3v) is 7.24. The maximum atomic E-state index is 13.4. The molecule has 0 unspecified atom stereocenters. The molecule has 0 aliphatic carbocycles. The van der Waals surface area contributed by atoms with Gasteiger partial charge in [-0.3, -0.25) is 14.5 Å². The zero-order chi connectivity index (χ0) is 27.6. The van der Waals surface area contributed by atoms with E-state index in [1.807, 2.05) is 0 Å². The summed E-state index contributed by atoms with van der Waals surface area (Å²) in [4.78, 5) is 28.8. The summed E-state index contributed by atoms with van der Waals surface area (Å²) in [6.45, 7) is 3.66. The molecule has 0 spiro atoms. The van der Waals surface area contributed by atoms with Crippen LogP contribution in [0, 0.1) is 17.5 Å². The van der Waals surface area contributed by atoms with Crippen molar-refractivity contribution < 1.29 is 22.8 Å². The molecule has 0 aromatic heterocycles. The molecule has 0 bridgehead atoms. The van der Waals surface area contributed by atoms with Crippen molar-refractivity contribution in [2.45, 2.75) is 31.6 Å². The monoisotopic (exact) mass is 537 g/mol. The third kappa shape index (κ3) is 8.42. The lowest BCUT2D eigenvalue weighted by atomic mass is 9.87. The Morgan fingerprint density at radius 3 is 1.74 bits per heavy atom. The van der Waals surface area contributed by atoms with Crippen molar-refractivity contribution in [2.75, 3.05) is 39.3 Å². The van der Waals surface area contributed by atoms with Crippen LogP contribution in [0.4, 0.5) is 13.2 Å². The fourth-order valence-corrected chi connectivity index (χ4v) is 4.97. The molecule has 206 valence electrons. The number of amides is 2. The van der Waals surface area contributed by atoms with E-state index in [4.69, 9.17) is 0 Å². The zero-order valence-corrected chi connectivity index (χ0v) is 21.9. The molecule has 2 amide bonds. The molecule has 3 aromatic carbocycles. The van der Waals surface area contributed by atoms with E-state index in [0.717, 1.165) is 56.4 Å². The fraction of sp³-hybridized carbons (Fsp3) is 0.355. The highest BCUT2D eigenvalue weighted by atomic mass is 19.1. The van der Waals surface area contributed by atoms with Crippen molar-refractivity contribution in [3.05, 3.63) is 107 Å². The first-order valence-electron chi connectivity index (χ1n) is 13.4. The van der Waals surface area contributed by atoms with Gasteiger partial charge in [-0.15, -0.1) is 0 Å². The summed E-state index contributed by atoms with van der Waals surface area (Å²) < 4.78 is 39.9. The highest BCUT2D eigenvalue weighted by Crippen LogP contribution is 2.30. The van der Waals surface area contributed by atoms with E-state index in [1.165, 1.54) is 48.5 Å². The van der Waals surface area contributed by atoms with Gasteiger partial charge in [0.2, 0.25) is 5.91 Å². The van der Waals surface area contributed by atoms with Crippen LogP contribution in [0.2, 0.25) is 0 Å². The Morgan fingerprint density at radius 1 is 0.692 bits per heavy atom. The molecular weight excluding hydrogens is 503 g/mol. The van der Waals surface area contributed by atoms with Crippen molar-refractivity contribution in [1.82, 2.24) is 15.1 Å². The smallest absolute Gasteiger partial charge is 0.251 e. The number of unbranched alkanes of at least 4 members (excludes halogenated alkanes) is 2. The second kappa shape index (κ2) is 13.9. The van der Waals surface area contributed by atoms with Gasteiger partial charge in [0.05, 0.1) is 6.54 Å². The molecule has 1 heterocycles. The van der Waals surface area contributed by atoms with Crippen molar-refractivity contribution in [3.8, 4) is 0 Å². The van der Waals surface area contributed by atoms with E-state index in [1.54, 1.807) is 29.2 Å². The molecule has 4 rings (SSSR count). The minimum absolute atomic E-state index is 0.0838. The Balaban J connectivity index is 1.15. The number of carbonyl (C=O) groups is 2. The van der Waals surface area contributed by atoms with Crippen molar-refractivity contribution in [3.63, 3.8) is 0 Å². The van der Waals surface area contributed by atoms with Gasteiger partial charge in [-0.2, -0.15) is 0 Å². The van der Waals surface area contributed by atoms with Gasteiger partial charge in [0.15, 0.2) is 0 Å². The van der Waals surface area contributed by atoms with Crippen LogP contribution in [0.25, 0.3) is 0 Å². The summed E-state index contributed by atoms with van der Waals surface area (Å²) in [5, 5.41) is 2.61. The summed E-state index contributed by atoms with van der Waals surface area (Å²) in [5.74, 6) is -1.40. The predicted octanol–water partition coefficient (Wildman–Crippen LogP) is 5.37. The van der Waals surface area contributed by atoms with E-state index in [0.29, 0.717) is 18.7 Å². The van der Waals surface area contributed by atoms with Gasteiger partial charge in [-0.05, 0) is 79.0 Å². The minimum atomic E-state index is -0.417.